The molecule has 4 aromatic rings. The van der Waals surface area contributed by atoms with E-state index in [0.29, 0.717) is 23.9 Å². The fraction of sp³-hybridized carbons (Fsp3) is 0.136. The average Bonchev–Trinajstić information content (AvgIpc) is 3.21. The van der Waals surface area contributed by atoms with Crippen molar-refractivity contribution in [2.45, 2.75) is 12.1 Å². The first-order valence-electron chi connectivity index (χ1n) is 9.55. The van der Waals surface area contributed by atoms with Gasteiger partial charge in [0.25, 0.3) is 5.69 Å². The van der Waals surface area contributed by atoms with Gasteiger partial charge in [0.2, 0.25) is 0 Å². The predicted molar refractivity (Wildman–Crippen MR) is 119 cm³/mol. The lowest BCUT2D eigenvalue weighted by Crippen LogP contribution is -2.04. The highest BCUT2D eigenvalue weighted by Gasteiger charge is 2.17. The second kappa shape index (κ2) is 9.40. The number of rotatable bonds is 8. The summed E-state index contributed by atoms with van der Waals surface area (Å²) in [6, 6.07) is 18.0. The van der Waals surface area contributed by atoms with E-state index in [1.807, 2.05) is 47.9 Å². The van der Waals surface area contributed by atoms with Crippen LogP contribution in [0.3, 0.4) is 0 Å². The molecule has 0 aliphatic rings. The summed E-state index contributed by atoms with van der Waals surface area (Å²) >= 11 is 1.51. The van der Waals surface area contributed by atoms with Crippen molar-refractivity contribution in [3.8, 4) is 22.8 Å². The fourth-order valence-electron chi connectivity index (χ4n) is 3.06. The van der Waals surface area contributed by atoms with Gasteiger partial charge in [-0.3, -0.25) is 19.7 Å². The quantitative estimate of drug-likeness (QED) is 0.172. The molecule has 0 unspecified atom stereocenters. The van der Waals surface area contributed by atoms with E-state index in [9.17, 15) is 10.1 Å². The lowest BCUT2D eigenvalue weighted by Gasteiger charge is -2.13. The summed E-state index contributed by atoms with van der Waals surface area (Å²) in [4.78, 5) is 14.7. The van der Waals surface area contributed by atoms with Gasteiger partial charge in [-0.15, -0.1) is 10.2 Å². The number of aromatic nitrogens is 4. The van der Waals surface area contributed by atoms with Crippen LogP contribution in [0.25, 0.3) is 17.1 Å². The van der Waals surface area contributed by atoms with Gasteiger partial charge in [-0.2, -0.15) is 0 Å². The molecule has 0 amide bonds. The maximum Gasteiger partial charge on any atom is 0.273 e. The minimum absolute atomic E-state index is 0.00515. The van der Waals surface area contributed by atoms with Gasteiger partial charge in [-0.1, -0.05) is 36.0 Å². The SMILES string of the molecule is Cc1ccccc1-n1c(SCCOc2cccc([N+](=O)[O-])c2)nnc1-c1cccnc1. The van der Waals surface area contributed by atoms with Gasteiger partial charge in [-0.25, -0.2) is 0 Å². The summed E-state index contributed by atoms with van der Waals surface area (Å²) in [5.74, 6) is 1.77. The Balaban J connectivity index is 1.53. The Kier molecular flexibility index (Phi) is 6.23. The molecule has 8 nitrogen and oxygen atoms in total. The zero-order valence-corrected chi connectivity index (χ0v) is 17.5. The maximum absolute atomic E-state index is 10.9. The standard InChI is InChI=1S/C22H19N5O3S/c1-16-6-2-3-10-20(16)26-21(17-7-5-11-23-15-17)24-25-22(26)31-13-12-30-19-9-4-8-18(14-19)27(28)29/h2-11,14-15H,12-13H2,1H3. The topological polar surface area (TPSA) is 96.0 Å². The largest absolute Gasteiger partial charge is 0.492 e. The van der Waals surface area contributed by atoms with E-state index >= 15 is 0 Å². The van der Waals surface area contributed by atoms with Gasteiger partial charge in [0.05, 0.1) is 23.3 Å². The summed E-state index contributed by atoms with van der Waals surface area (Å²) in [7, 11) is 0. The van der Waals surface area contributed by atoms with Crippen LogP contribution in [0.4, 0.5) is 5.69 Å². The highest BCUT2D eigenvalue weighted by atomic mass is 32.2. The molecule has 0 bridgehead atoms. The summed E-state index contributed by atoms with van der Waals surface area (Å²) in [6.45, 7) is 2.41. The normalized spacial score (nSPS) is 10.7. The molecular formula is C22H19N5O3S. The predicted octanol–water partition coefficient (Wildman–Crippen LogP) is 4.72. The van der Waals surface area contributed by atoms with Crippen molar-refractivity contribution >= 4 is 17.4 Å². The van der Waals surface area contributed by atoms with Crippen molar-refractivity contribution < 1.29 is 9.66 Å². The van der Waals surface area contributed by atoms with Crippen molar-refractivity contribution in [3.05, 3.63) is 88.7 Å². The van der Waals surface area contributed by atoms with Gasteiger partial charge in [0.1, 0.15) is 5.75 Å². The second-order valence-electron chi connectivity index (χ2n) is 6.62. The summed E-state index contributed by atoms with van der Waals surface area (Å²) < 4.78 is 7.70. The van der Waals surface area contributed by atoms with Crippen molar-refractivity contribution in [1.82, 2.24) is 19.7 Å². The van der Waals surface area contributed by atoms with E-state index in [1.165, 1.54) is 23.9 Å². The number of nitro benzene ring substituents is 1. The average molecular weight is 433 g/mol. The number of para-hydroxylation sites is 1. The van der Waals surface area contributed by atoms with E-state index in [-0.39, 0.29) is 5.69 Å². The van der Waals surface area contributed by atoms with E-state index in [1.54, 1.807) is 24.5 Å². The number of aryl methyl sites for hydroxylation is 1. The van der Waals surface area contributed by atoms with Crippen LogP contribution in [0, 0.1) is 17.0 Å². The third-order valence-corrected chi connectivity index (χ3v) is 5.41. The Bertz CT molecular complexity index is 1200. The van der Waals surface area contributed by atoms with E-state index in [2.05, 4.69) is 15.2 Å². The number of nitro groups is 1. The smallest absolute Gasteiger partial charge is 0.273 e. The molecule has 0 radical (unpaired) electrons. The number of hydrogen-bond donors (Lipinski definition) is 0. The Morgan fingerprint density at radius 2 is 1.97 bits per heavy atom. The molecule has 2 aromatic carbocycles. The Morgan fingerprint density at radius 3 is 2.74 bits per heavy atom. The molecule has 0 aliphatic heterocycles. The van der Waals surface area contributed by atoms with Crippen LogP contribution in [-0.4, -0.2) is 37.0 Å². The van der Waals surface area contributed by atoms with Crippen LogP contribution < -0.4 is 4.74 Å². The molecule has 0 atom stereocenters. The first kappa shape index (κ1) is 20.5. The second-order valence-corrected chi connectivity index (χ2v) is 7.68. The number of pyridine rings is 1. The van der Waals surface area contributed by atoms with Gasteiger partial charge >= 0.3 is 0 Å². The third kappa shape index (κ3) is 4.72. The Labute approximate surface area is 183 Å². The van der Waals surface area contributed by atoms with Crippen LogP contribution in [0.2, 0.25) is 0 Å². The minimum atomic E-state index is -0.438. The summed E-state index contributed by atoms with van der Waals surface area (Å²) in [6.07, 6.45) is 3.48. The van der Waals surface area contributed by atoms with Crippen LogP contribution in [0.5, 0.6) is 5.75 Å². The number of nitrogens with zero attached hydrogens (tertiary/aromatic N) is 5. The number of ether oxygens (including phenoxy) is 1. The molecule has 0 aliphatic carbocycles. The fourth-order valence-corrected chi connectivity index (χ4v) is 3.82. The van der Waals surface area contributed by atoms with Crippen molar-refractivity contribution in [2.75, 3.05) is 12.4 Å². The van der Waals surface area contributed by atoms with Gasteiger partial charge in [-0.05, 0) is 36.8 Å². The Hall–Kier alpha value is -3.72. The van der Waals surface area contributed by atoms with Gasteiger partial charge in [0, 0.05) is 29.8 Å². The molecule has 0 N–H and O–H groups in total. The highest BCUT2D eigenvalue weighted by Crippen LogP contribution is 2.29. The summed E-state index contributed by atoms with van der Waals surface area (Å²) in [5.41, 5.74) is 2.97. The minimum Gasteiger partial charge on any atom is -0.492 e. The molecule has 9 heteroatoms. The number of non-ortho nitro benzene ring substituents is 1. The van der Waals surface area contributed by atoms with Gasteiger partial charge in [0.15, 0.2) is 11.0 Å². The van der Waals surface area contributed by atoms with Crippen molar-refractivity contribution in [3.63, 3.8) is 0 Å². The number of benzene rings is 2. The first-order valence-corrected chi connectivity index (χ1v) is 10.5. The lowest BCUT2D eigenvalue weighted by atomic mass is 10.2. The molecule has 0 saturated heterocycles. The molecular weight excluding hydrogens is 414 g/mol. The first-order chi connectivity index (χ1) is 15.1. The monoisotopic (exact) mass is 433 g/mol. The van der Waals surface area contributed by atoms with E-state index in [4.69, 9.17) is 4.74 Å². The maximum atomic E-state index is 10.9. The lowest BCUT2D eigenvalue weighted by molar-refractivity contribution is -0.384. The zero-order chi connectivity index (χ0) is 21.6. The molecule has 4 rings (SSSR count). The highest BCUT2D eigenvalue weighted by molar-refractivity contribution is 7.99. The summed E-state index contributed by atoms with van der Waals surface area (Å²) in [5, 5.41) is 20.4. The molecule has 0 saturated carbocycles. The van der Waals surface area contributed by atoms with Crippen LogP contribution in [0.15, 0.2) is 78.2 Å². The van der Waals surface area contributed by atoms with Crippen LogP contribution >= 0.6 is 11.8 Å². The molecule has 2 heterocycles. The number of thioether (sulfide) groups is 1. The molecule has 0 spiro atoms. The van der Waals surface area contributed by atoms with E-state index < -0.39 is 4.92 Å². The van der Waals surface area contributed by atoms with Crippen molar-refractivity contribution in [2.24, 2.45) is 0 Å². The zero-order valence-electron chi connectivity index (χ0n) is 16.7. The van der Waals surface area contributed by atoms with Crippen LogP contribution in [0.1, 0.15) is 5.56 Å². The molecule has 2 aromatic heterocycles. The van der Waals surface area contributed by atoms with Crippen LogP contribution in [-0.2, 0) is 0 Å². The van der Waals surface area contributed by atoms with Gasteiger partial charge < -0.3 is 4.74 Å². The van der Waals surface area contributed by atoms with Crippen molar-refractivity contribution in [1.29, 1.82) is 0 Å². The van der Waals surface area contributed by atoms with E-state index in [0.717, 1.165) is 22.0 Å². The third-order valence-electron chi connectivity index (χ3n) is 4.52. The molecule has 31 heavy (non-hydrogen) atoms. The number of hydrogen-bond acceptors (Lipinski definition) is 7. The Morgan fingerprint density at radius 1 is 1.10 bits per heavy atom. The molecule has 156 valence electrons. The molecule has 0 fully saturated rings.